The van der Waals surface area contributed by atoms with Crippen molar-refractivity contribution in [2.75, 3.05) is 6.79 Å². The van der Waals surface area contributed by atoms with Crippen LogP contribution in [-0.2, 0) is 11.3 Å². The number of aromatic hydroxyl groups is 1. The van der Waals surface area contributed by atoms with Crippen LogP contribution in [0.5, 0.6) is 11.5 Å². The molecule has 130 valence electrons. The Bertz CT molecular complexity index is 1040. The van der Waals surface area contributed by atoms with Crippen LogP contribution in [0.15, 0.2) is 54.6 Å². The van der Waals surface area contributed by atoms with E-state index in [1.54, 1.807) is 30.3 Å². The van der Waals surface area contributed by atoms with Gasteiger partial charge in [-0.15, -0.1) is 0 Å². The topological polar surface area (TPSA) is 55.8 Å². The van der Waals surface area contributed by atoms with E-state index in [4.69, 9.17) is 21.1 Å². The number of phenols is 1. The van der Waals surface area contributed by atoms with Crippen LogP contribution in [0, 0.1) is 0 Å². The molecule has 5 heteroatoms. The number of allylic oxidation sites excluding steroid dienone is 1. The number of hydrogen-bond donors (Lipinski definition) is 1. The van der Waals surface area contributed by atoms with Crippen molar-refractivity contribution < 1.29 is 19.4 Å². The van der Waals surface area contributed by atoms with Gasteiger partial charge >= 0.3 is 0 Å². The van der Waals surface area contributed by atoms with Crippen molar-refractivity contribution in [1.82, 2.24) is 0 Å². The van der Waals surface area contributed by atoms with Crippen molar-refractivity contribution in [3.63, 3.8) is 0 Å². The van der Waals surface area contributed by atoms with Gasteiger partial charge in [0, 0.05) is 16.0 Å². The monoisotopic (exact) mass is 366 g/mol. The van der Waals surface area contributed by atoms with E-state index in [1.165, 1.54) is 6.08 Å². The minimum Gasteiger partial charge on any atom is -0.507 e. The molecular formula is C21H15ClO4. The summed E-state index contributed by atoms with van der Waals surface area (Å²) in [5.41, 5.74) is 1.84. The van der Waals surface area contributed by atoms with Gasteiger partial charge in [0.25, 0.3) is 0 Å². The molecule has 1 aliphatic rings. The van der Waals surface area contributed by atoms with E-state index in [9.17, 15) is 9.90 Å². The molecular weight excluding hydrogens is 352 g/mol. The second-order valence-corrected chi connectivity index (χ2v) is 6.40. The van der Waals surface area contributed by atoms with Gasteiger partial charge in [-0.05, 0) is 35.2 Å². The van der Waals surface area contributed by atoms with E-state index in [0.29, 0.717) is 22.8 Å². The summed E-state index contributed by atoms with van der Waals surface area (Å²) in [5.74, 6) is 0.349. The molecule has 26 heavy (non-hydrogen) atoms. The number of rotatable bonds is 3. The number of hydrogen-bond acceptors (Lipinski definition) is 4. The third kappa shape index (κ3) is 3.05. The molecule has 0 bridgehead atoms. The maximum Gasteiger partial charge on any atom is 0.189 e. The molecule has 0 fully saturated rings. The van der Waals surface area contributed by atoms with E-state index in [0.717, 1.165) is 16.5 Å². The molecule has 4 nitrogen and oxygen atoms in total. The molecule has 0 aromatic heterocycles. The van der Waals surface area contributed by atoms with Crippen molar-refractivity contribution in [3.05, 3.63) is 76.3 Å². The average molecular weight is 367 g/mol. The molecule has 0 radical (unpaired) electrons. The summed E-state index contributed by atoms with van der Waals surface area (Å²) in [7, 11) is 0. The third-order valence-corrected chi connectivity index (χ3v) is 4.55. The van der Waals surface area contributed by atoms with E-state index < -0.39 is 0 Å². The number of ether oxygens (including phenoxy) is 2. The predicted molar refractivity (Wildman–Crippen MR) is 101 cm³/mol. The molecule has 0 unspecified atom stereocenters. The van der Waals surface area contributed by atoms with E-state index >= 15 is 0 Å². The number of fused-ring (bicyclic) bond motifs is 2. The van der Waals surface area contributed by atoms with Gasteiger partial charge in [0.2, 0.25) is 0 Å². The minimum absolute atomic E-state index is 0.0162. The van der Waals surface area contributed by atoms with Crippen LogP contribution in [0.3, 0.4) is 0 Å². The molecule has 3 aromatic rings. The summed E-state index contributed by atoms with van der Waals surface area (Å²) in [6, 6.07) is 14.3. The van der Waals surface area contributed by atoms with Crippen molar-refractivity contribution in [2.24, 2.45) is 0 Å². The Morgan fingerprint density at radius 2 is 2.00 bits per heavy atom. The molecule has 1 heterocycles. The molecule has 0 amide bonds. The molecule has 0 aliphatic carbocycles. The SMILES string of the molecule is O=C(/C=C/c1cc(Cl)cc2c1COCO2)c1ccc2ccccc2c1O. The molecule has 1 N–H and O–H groups in total. The van der Waals surface area contributed by atoms with Crippen molar-refractivity contribution in [1.29, 1.82) is 0 Å². The Balaban J connectivity index is 1.69. The van der Waals surface area contributed by atoms with Gasteiger partial charge < -0.3 is 14.6 Å². The zero-order chi connectivity index (χ0) is 18.1. The molecule has 0 atom stereocenters. The van der Waals surface area contributed by atoms with Crippen LogP contribution in [0.25, 0.3) is 16.8 Å². The van der Waals surface area contributed by atoms with Crippen molar-refractivity contribution in [3.8, 4) is 11.5 Å². The number of carbonyl (C=O) groups excluding carboxylic acids is 1. The predicted octanol–water partition coefficient (Wildman–Crippen LogP) is 4.96. The first kappa shape index (κ1) is 16.6. The summed E-state index contributed by atoms with van der Waals surface area (Å²) < 4.78 is 10.7. The highest BCUT2D eigenvalue weighted by Crippen LogP contribution is 2.32. The lowest BCUT2D eigenvalue weighted by Gasteiger charge is -2.19. The number of halogens is 1. The van der Waals surface area contributed by atoms with Gasteiger partial charge in [-0.2, -0.15) is 0 Å². The fraction of sp³-hybridized carbons (Fsp3) is 0.0952. The molecule has 0 saturated carbocycles. The Morgan fingerprint density at radius 3 is 2.88 bits per heavy atom. The highest BCUT2D eigenvalue weighted by molar-refractivity contribution is 6.31. The molecule has 0 spiro atoms. The summed E-state index contributed by atoms with van der Waals surface area (Å²) in [6.07, 6.45) is 3.09. The fourth-order valence-corrected chi connectivity index (χ4v) is 3.24. The molecule has 3 aromatic carbocycles. The second kappa shape index (κ2) is 6.83. The van der Waals surface area contributed by atoms with Crippen LogP contribution in [0.2, 0.25) is 5.02 Å². The zero-order valence-corrected chi connectivity index (χ0v) is 14.5. The van der Waals surface area contributed by atoms with Gasteiger partial charge in [0.05, 0.1) is 12.2 Å². The molecule has 4 rings (SSSR count). The van der Waals surface area contributed by atoms with Gasteiger partial charge in [-0.25, -0.2) is 0 Å². The fourth-order valence-electron chi connectivity index (χ4n) is 3.02. The van der Waals surface area contributed by atoms with Crippen LogP contribution < -0.4 is 4.74 Å². The first-order valence-electron chi connectivity index (χ1n) is 8.09. The Kier molecular flexibility index (Phi) is 4.37. The summed E-state index contributed by atoms with van der Waals surface area (Å²) in [5, 5.41) is 12.5. The largest absolute Gasteiger partial charge is 0.507 e. The van der Waals surface area contributed by atoms with E-state index in [-0.39, 0.29) is 23.9 Å². The van der Waals surface area contributed by atoms with E-state index in [1.807, 2.05) is 24.3 Å². The minimum atomic E-state index is -0.292. The van der Waals surface area contributed by atoms with Crippen LogP contribution >= 0.6 is 11.6 Å². The number of ketones is 1. The van der Waals surface area contributed by atoms with E-state index in [2.05, 4.69) is 0 Å². The summed E-state index contributed by atoms with van der Waals surface area (Å²) >= 11 is 6.13. The highest BCUT2D eigenvalue weighted by Gasteiger charge is 2.16. The highest BCUT2D eigenvalue weighted by atomic mass is 35.5. The summed E-state index contributed by atoms with van der Waals surface area (Å²) in [4.78, 5) is 12.6. The van der Waals surface area contributed by atoms with Crippen molar-refractivity contribution >= 4 is 34.2 Å². The van der Waals surface area contributed by atoms with Crippen LogP contribution in [0.1, 0.15) is 21.5 Å². The van der Waals surface area contributed by atoms with Crippen molar-refractivity contribution in [2.45, 2.75) is 6.61 Å². The quantitative estimate of drug-likeness (QED) is 0.525. The lowest BCUT2D eigenvalue weighted by Crippen LogP contribution is -2.12. The number of phenolic OH excluding ortho intramolecular Hbond substituents is 1. The second-order valence-electron chi connectivity index (χ2n) is 5.96. The van der Waals surface area contributed by atoms with Gasteiger partial charge in [-0.3, -0.25) is 4.79 Å². The number of carbonyl (C=O) groups is 1. The average Bonchev–Trinajstić information content (AvgIpc) is 2.66. The third-order valence-electron chi connectivity index (χ3n) is 4.33. The smallest absolute Gasteiger partial charge is 0.189 e. The maximum absolute atomic E-state index is 12.6. The normalized spacial score (nSPS) is 13.6. The van der Waals surface area contributed by atoms with Crippen LogP contribution in [-0.4, -0.2) is 17.7 Å². The first-order chi connectivity index (χ1) is 12.6. The standard InChI is InChI=1S/C21H15ClO4/c22-15-9-14(18-11-25-12-26-20(18)10-15)6-8-19(23)17-7-5-13-3-1-2-4-16(13)21(17)24/h1-10,24H,11-12H2/b8-6+. The number of benzene rings is 3. The van der Waals surface area contributed by atoms with Gasteiger partial charge in [0.15, 0.2) is 12.6 Å². The van der Waals surface area contributed by atoms with Crippen LogP contribution in [0.4, 0.5) is 0 Å². The Hall–Kier alpha value is -2.82. The first-order valence-corrected chi connectivity index (χ1v) is 8.47. The molecule has 0 saturated heterocycles. The Morgan fingerprint density at radius 1 is 1.15 bits per heavy atom. The lowest BCUT2D eigenvalue weighted by atomic mass is 10.0. The zero-order valence-electron chi connectivity index (χ0n) is 13.7. The summed E-state index contributed by atoms with van der Waals surface area (Å²) in [6.45, 7) is 0.571. The van der Waals surface area contributed by atoms with Gasteiger partial charge in [-0.1, -0.05) is 48.0 Å². The molecule has 1 aliphatic heterocycles. The van der Waals surface area contributed by atoms with Gasteiger partial charge in [0.1, 0.15) is 11.5 Å². The Labute approximate surface area is 155 Å². The maximum atomic E-state index is 12.6. The lowest BCUT2D eigenvalue weighted by molar-refractivity contribution is -0.0164.